The second-order valence-corrected chi connectivity index (χ2v) is 4.66. The predicted octanol–water partition coefficient (Wildman–Crippen LogP) is 2.71. The minimum Gasteiger partial charge on any atom is -0.260 e. The molecule has 1 atom stereocenters. The van der Waals surface area contributed by atoms with Gasteiger partial charge in [-0.05, 0) is 40.4 Å². The van der Waals surface area contributed by atoms with Crippen molar-refractivity contribution < 1.29 is 0 Å². The highest BCUT2D eigenvalue weighted by atomic mass is 79.9. The predicted molar refractivity (Wildman–Crippen MR) is 64.1 cm³/mol. The zero-order chi connectivity index (χ0) is 11.0. The summed E-state index contributed by atoms with van der Waals surface area (Å²) in [5.41, 5.74) is 3.67. The summed E-state index contributed by atoms with van der Waals surface area (Å²) < 4.78 is 0.881. The molecule has 16 heavy (non-hydrogen) atoms. The first kappa shape index (κ1) is 9.90. The molecule has 0 fully saturated rings. The minimum atomic E-state index is 0.340. The van der Waals surface area contributed by atoms with Crippen molar-refractivity contribution >= 4 is 15.9 Å². The molecule has 3 nitrogen and oxygen atoms in total. The van der Waals surface area contributed by atoms with E-state index in [2.05, 4.69) is 36.9 Å². The van der Waals surface area contributed by atoms with Crippen LogP contribution in [0.3, 0.4) is 0 Å². The van der Waals surface area contributed by atoms with Gasteiger partial charge >= 0.3 is 0 Å². The summed E-state index contributed by atoms with van der Waals surface area (Å²) in [6, 6.07) is 4.15. The van der Waals surface area contributed by atoms with Crippen LogP contribution in [-0.2, 0) is 6.42 Å². The number of aryl methyl sites for hydroxylation is 1. The highest BCUT2D eigenvalue weighted by molar-refractivity contribution is 9.10. The number of halogens is 1. The molecule has 0 aliphatic heterocycles. The molecule has 1 unspecified atom stereocenters. The van der Waals surface area contributed by atoms with E-state index in [1.54, 1.807) is 6.33 Å². The molecule has 80 valence electrons. The van der Waals surface area contributed by atoms with Gasteiger partial charge in [0.1, 0.15) is 10.9 Å². The summed E-state index contributed by atoms with van der Waals surface area (Å²) in [6.07, 6.45) is 7.48. The monoisotopic (exact) mass is 275 g/mol. The first-order chi connectivity index (χ1) is 7.86. The number of rotatable bonds is 1. The number of hydrogen-bond acceptors (Lipinski definition) is 3. The van der Waals surface area contributed by atoms with Crippen molar-refractivity contribution in [3.63, 3.8) is 0 Å². The van der Waals surface area contributed by atoms with Crippen molar-refractivity contribution in [1.82, 2.24) is 15.0 Å². The topological polar surface area (TPSA) is 38.7 Å². The maximum absolute atomic E-state index is 4.48. The average molecular weight is 276 g/mol. The molecule has 0 radical (unpaired) electrons. The lowest BCUT2D eigenvalue weighted by Gasteiger charge is -2.11. The standard InChI is InChI=1S/C12H10BrN3/c13-12-10(6-14-7-16-12)9-4-3-8-2-1-5-15-11(8)9/h1-2,5-7,9H,3-4H2. The Morgan fingerprint density at radius 1 is 1.31 bits per heavy atom. The van der Waals surface area contributed by atoms with E-state index in [1.165, 1.54) is 11.3 Å². The van der Waals surface area contributed by atoms with Gasteiger partial charge in [0.25, 0.3) is 0 Å². The van der Waals surface area contributed by atoms with Gasteiger partial charge in [-0.1, -0.05) is 6.07 Å². The lowest BCUT2D eigenvalue weighted by molar-refractivity contribution is 0.756. The van der Waals surface area contributed by atoms with Gasteiger partial charge in [-0.3, -0.25) is 4.98 Å². The molecule has 3 rings (SSSR count). The number of aromatic nitrogens is 3. The third-order valence-corrected chi connectivity index (χ3v) is 3.69. The second-order valence-electron chi connectivity index (χ2n) is 3.91. The van der Waals surface area contributed by atoms with Crippen molar-refractivity contribution in [3.8, 4) is 0 Å². The Morgan fingerprint density at radius 3 is 3.12 bits per heavy atom. The lowest BCUT2D eigenvalue weighted by Crippen LogP contribution is -2.01. The molecule has 0 N–H and O–H groups in total. The molecular weight excluding hydrogens is 266 g/mol. The first-order valence-corrected chi connectivity index (χ1v) is 6.05. The van der Waals surface area contributed by atoms with Gasteiger partial charge in [0.2, 0.25) is 0 Å². The number of nitrogens with zero attached hydrogens (tertiary/aromatic N) is 3. The molecule has 0 amide bonds. The van der Waals surface area contributed by atoms with Crippen LogP contribution in [0.15, 0.2) is 35.5 Å². The Bertz CT molecular complexity index is 527. The van der Waals surface area contributed by atoms with Crippen molar-refractivity contribution in [1.29, 1.82) is 0 Å². The van der Waals surface area contributed by atoms with Gasteiger partial charge in [-0.25, -0.2) is 9.97 Å². The Labute approximate surface area is 102 Å². The van der Waals surface area contributed by atoms with Crippen molar-refractivity contribution in [3.05, 3.63) is 52.3 Å². The highest BCUT2D eigenvalue weighted by Gasteiger charge is 2.26. The maximum Gasteiger partial charge on any atom is 0.116 e. The second kappa shape index (κ2) is 3.94. The van der Waals surface area contributed by atoms with Gasteiger partial charge in [0.05, 0.1) is 5.69 Å². The molecule has 1 aliphatic rings. The molecule has 2 aromatic rings. The van der Waals surface area contributed by atoms with Gasteiger partial charge in [0, 0.05) is 23.9 Å². The van der Waals surface area contributed by atoms with Crippen LogP contribution >= 0.6 is 15.9 Å². The van der Waals surface area contributed by atoms with E-state index in [4.69, 9.17) is 0 Å². The summed E-state index contributed by atoms with van der Waals surface area (Å²) >= 11 is 3.48. The average Bonchev–Trinajstić information content (AvgIpc) is 2.74. The Morgan fingerprint density at radius 2 is 2.25 bits per heavy atom. The van der Waals surface area contributed by atoms with E-state index >= 15 is 0 Å². The lowest BCUT2D eigenvalue weighted by atomic mass is 10.00. The summed E-state index contributed by atoms with van der Waals surface area (Å²) in [5.74, 6) is 0.340. The minimum absolute atomic E-state index is 0.340. The summed E-state index contributed by atoms with van der Waals surface area (Å²) in [6.45, 7) is 0. The van der Waals surface area contributed by atoms with E-state index in [-0.39, 0.29) is 0 Å². The van der Waals surface area contributed by atoms with Crippen LogP contribution in [0.4, 0.5) is 0 Å². The number of pyridine rings is 1. The van der Waals surface area contributed by atoms with Crippen LogP contribution < -0.4 is 0 Å². The highest BCUT2D eigenvalue weighted by Crippen LogP contribution is 2.38. The molecule has 0 spiro atoms. The molecular formula is C12H10BrN3. The van der Waals surface area contributed by atoms with Crippen LogP contribution in [0.2, 0.25) is 0 Å². The first-order valence-electron chi connectivity index (χ1n) is 5.25. The maximum atomic E-state index is 4.48. The SMILES string of the molecule is Brc1ncncc1C1CCc2cccnc21. The van der Waals surface area contributed by atoms with E-state index < -0.39 is 0 Å². The fourth-order valence-electron chi connectivity index (χ4n) is 2.27. The fourth-order valence-corrected chi connectivity index (χ4v) is 2.74. The van der Waals surface area contributed by atoms with E-state index in [0.29, 0.717) is 5.92 Å². The van der Waals surface area contributed by atoms with Crippen LogP contribution in [0.25, 0.3) is 0 Å². The fraction of sp³-hybridized carbons (Fsp3) is 0.250. The van der Waals surface area contributed by atoms with Crippen molar-refractivity contribution in [2.45, 2.75) is 18.8 Å². The smallest absolute Gasteiger partial charge is 0.116 e. The van der Waals surface area contributed by atoms with Crippen LogP contribution in [0, 0.1) is 0 Å². The Kier molecular flexibility index (Phi) is 2.44. The van der Waals surface area contributed by atoms with Crippen LogP contribution in [-0.4, -0.2) is 15.0 Å². The Balaban J connectivity index is 2.08. The normalized spacial score (nSPS) is 18.4. The van der Waals surface area contributed by atoms with E-state index in [9.17, 15) is 0 Å². The zero-order valence-corrected chi connectivity index (χ0v) is 10.2. The summed E-state index contributed by atoms with van der Waals surface area (Å²) in [7, 11) is 0. The number of hydrogen-bond donors (Lipinski definition) is 0. The molecule has 0 saturated heterocycles. The molecule has 0 saturated carbocycles. The van der Waals surface area contributed by atoms with Crippen LogP contribution in [0.1, 0.15) is 29.2 Å². The largest absolute Gasteiger partial charge is 0.260 e. The van der Waals surface area contributed by atoms with Gasteiger partial charge in [-0.15, -0.1) is 0 Å². The molecule has 0 bridgehead atoms. The third kappa shape index (κ3) is 1.53. The van der Waals surface area contributed by atoms with E-state index in [0.717, 1.165) is 23.0 Å². The third-order valence-electron chi connectivity index (χ3n) is 3.02. The van der Waals surface area contributed by atoms with Gasteiger partial charge < -0.3 is 0 Å². The number of fused-ring (bicyclic) bond motifs is 1. The Hall–Kier alpha value is -1.29. The summed E-state index contributed by atoms with van der Waals surface area (Å²) in [4.78, 5) is 12.8. The van der Waals surface area contributed by atoms with E-state index in [1.807, 2.05) is 18.5 Å². The molecule has 4 heteroatoms. The van der Waals surface area contributed by atoms with Crippen LogP contribution in [0.5, 0.6) is 0 Å². The summed E-state index contributed by atoms with van der Waals surface area (Å²) in [5, 5.41) is 0. The molecule has 2 aromatic heterocycles. The van der Waals surface area contributed by atoms with Gasteiger partial charge in [0.15, 0.2) is 0 Å². The van der Waals surface area contributed by atoms with Crippen molar-refractivity contribution in [2.24, 2.45) is 0 Å². The zero-order valence-electron chi connectivity index (χ0n) is 8.60. The van der Waals surface area contributed by atoms with Crippen molar-refractivity contribution in [2.75, 3.05) is 0 Å². The molecule has 1 aliphatic carbocycles. The van der Waals surface area contributed by atoms with Gasteiger partial charge in [-0.2, -0.15) is 0 Å². The molecule has 2 heterocycles. The molecule has 0 aromatic carbocycles. The quantitative estimate of drug-likeness (QED) is 0.752.